The van der Waals surface area contributed by atoms with Gasteiger partial charge in [-0.2, -0.15) is 5.21 Å². The number of aryl methyl sites for hydroxylation is 1. The minimum absolute atomic E-state index is 1.26. The molecule has 0 saturated carbocycles. The number of aromatic amines is 1. The second-order valence-corrected chi connectivity index (χ2v) is 2.08. The number of aromatic nitrogens is 5. The van der Waals surface area contributed by atoms with Crippen LogP contribution in [0.1, 0.15) is 5.56 Å². The average molecular weight is 163 g/mol. The highest BCUT2D eigenvalue weighted by Gasteiger charge is 1.72. The van der Waals surface area contributed by atoms with Crippen molar-refractivity contribution in [3.63, 3.8) is 0 Å². The van der Waals surface area contributed by atoms with Crippen LogP contribution < -0.4 is 0 Å². The van der Waals surface area contributed by atoms with E-state index in [9.17, 15) is 0 Å². The number of H-pyrrole nitrogens is 1. The van der Waals surface area contributed by atoms with Crippen LogP contribution in [0, 0.1) is 6.92 Å². The van der Waals surface area contributed by atoms with Gasteiger partial charge in [-0.05, 0) is 24.6 Å². The van der Waals surface area contributed by atoms with Crippen molar-refractivity contribution in [3.05, 3.63) is 36.4 Å². The largest absolute Gasteiger partial charge is 0.265 e. The second kappa shape index (κ2) is 4.95. The third-order valence-electron chi connectivity index (χ3n) is 1.12. The van der Waals surface area contributed by atoms with Crippen LogP contribution in [-0.2, 0) is 0 Å². The van der Waals surface area contributed by atoms with Gasteiger partial charge >= 0.3 is 0 Å². The first-order valence-corrected chi connectivity index (χ1v) is 3.42. The van der Waals surface area contributed by atoms with Gasteiger partial charge in [0.15, 0.2) is 6.33 Å². The van der Waals surface area contributed by atoms with E-state index < -0.39 is 0 Å². The molecule has 0 unspecified atom stereocenters. The Balaban J connectivity index is 0.000000127. The number of rotatable bonds is 0. The number of tetrazole rings is 1. The predicted octanol–water partition coefficient (Wildman–Crippen LogP) is 0.590. The summed E-state index contributed by atoms with van der Waals surface area (Å²) in [7, 11) is 0. The van der Waals surface area contributed by atoms with Gasteiger partial charge in [0.05, 0.1) is 0 Å². The van der Waals surface area contributed by atoms with Crippen molar-refractivity contribution in [2.75, 3.05) is 0 Å². The summed E-state index contributed by atoms with van der Waals surface area (Å²) < 4.78 is 0. The molecular formula is C7H9N5. The summed E-state index contributed by atoms with van der Waals surface area (Å²) in [5.41, 5.74) is 1.26. The van der Waals surface area contributed by atoms with E-state index in [-0.39, 0.29) is 0 Å². The first-order valence-electron chi connectivity index (χ1n) is 3.42. The summed E-state index contributed by atoms with van der Waals surface area (Å²) >= 11 is 0. The van der Waals surface area contributed by atoms with Crippen molar-refractivity contribution >= 4 is 0 Å². The minimum atomic E-state index is 1.26. The molecule has 5 nitrogen and oxygen atoms in total. The van der Waals surface area contributed by atoms with Crippen LogP contribution in [0.25, 0.3) is 0 Å². The molecule has 0 spiro atoms. The fourth-order valence-corrected chi connectivity index (χ4v) is 0.556. The molecule has 0 aliphatic carbocycles. The molecule has 0 radical (unpaired) electrons. The highest BCUT2D eigenvalue weighted by Crippen LogP contribution is 1.88. The molecule has 0 amide bonds. The first-order chi connectivity index (χ1) is 5.89. The standard InChI is InChI=1S/C6H7N.CH2N4/c1-6-2-4-7-5-3-6;1-2-4-5-3-1/h2-5H,1H3;1H,(H,2,3,4,5). The molecule has 0 bridgehead atoms. The van der Waals surface area contributed by atoms with Crippen molar-refractivity contribution in [1.82, 2.24) is 25.6 Å². The van der Waals surface area contributed by atoms with Crippen LogP contribution in [0.5, 0.6) is 0 Å². The topological polar surface area (TPSA) is 67.3 Å². The Morgan fingerprint density at radius 1 is 1.25 bits per heavy atom. The third kappa shape index (κ3) is 3.40. The van der Waals surface area contributed by atoms with Gasteiger partial charge in [0, 0.05) is 12.4 Å². The van der Waals surface area contributed by atoms with Gasteiger partial charge < -0.3 is 0 Å². The third-order valence-corrected chi connectivity index (χ3v) is 1.12. The van der Waals surface area contributed by atoms with Crippen molar-refractivity contribution in [1.29, 1.82) is 0 Å². The molecule has 0 saturated heterocycles. The number of hydrogen-bond acceptors (Lipinski definition) is 4. The van der Waals surface area contributed by atoms with Crippen molar-refractivity contribution in [2.24, 2.45) is 0 Å². The van der Waals surface area contributed by atoms with E-state index in [1.807, 2.05) is 19.1 Å². The summed E-state index contributed by atoms with van der Waals surface area (Å²) in [5, 5.41) is 12.2. The summed E-state index contributed by atoms with van der Waals surface area (Å²) in [4.78, 5) is 3.85. The quantitative estimate of drug-likeness (QED) is 0.617. The Labute approximate surface area is 69.9 Å². The highest BCUT2D eigenvalue weighted by molar-refractivity contribution is 5.05. The maximum Gasteiger partial charge on any atom is 0.161 e. The Hall–Kier alpha value is -1.78. The molecule has 2 heterocycles. The van der Waals surface area contributed by atoms with E-state index in [0.29, 0.717) is 0 Å². The van der Waals surface area contributed by atoms with Gasteiger partial charge in [-0.25, -0.2) is 0 Å². The zero-order chi connectivity index (χ0) is 8.65. The summed E-state index contributed by atoms with van der Waals surface area (Å²) in [6.45, 7) is 2.04. The fraction of sp³-hybridized carbons (Fsp3) is 0.143. The lowest BCUT2D eigenvalue weighted by molar-refractivity contribution is 0.881. The maximum absolute atomic E-state index is 3.85. The number of nitrogens with one attached hydrogen (secondary N) is 1. The van der Waals surface area contributed by atoms with Crippen molar-refractivity contribution in [2.45, 2.75) is 6.92 Å². The molecule has 0 aliphatic heterocycles. The molecule has 5 heteroatoms. The first kappa shape index (κ1) is 8.32. The summed E-state index contributed by atoms with van der Waals surface area (Å²) in [6, 6.07) is 3.94. The van der Waals surface area contributed by atoms with Crippen molar-refractivity contribution in [3.8, 4) is 0 Å². The van der Waals surface area contributed by atoms with E-state index in [0.717, 1.165) is 0 Å². The Morgan fingerprint density at radius 2 is 2.00 bits per heavy atom. The second-order valence-electron chi connectivity index (χ2n) is 2.08. The molecule has 0 fully saturated rings. The molecule has 62 valence electrons. The monoisotopic (exact) mass is 163 g/mol. The smallest absolute Gasteiger partial charge is 0.161 e. The van der Waals surface area contributed by atoms with Crippen LogP contribution in [0.15, 0.2) is 30.9 Å². The normalized spacial score (nSPS) is 8.42. The molecule has 12 heavy (non-hydrogen) atoms. The Bertz CT molecular complexity index is 261. The Kier molecular flexibility index (Phi) is 3.43. The van der Waals surface area contributed by atoms with Gasteiger partial charge in [-0.1, -0.05) is 5.21 Å². The number of nitrogens with zero attached hydrogens (tertiary/aromatic N) is 4. The molecule has 0 aliphatic rings. The van der Waals surface area contributed by atoms with Gasteiger partial charge in [-0.15, -0.1) is 10.2 Å². The summed E-state index contributed by atoms with van der Waals surface area (Å²) in [5.74, 6) is 0. The number of hydrogen-bond donors (Lipinski definition) is 1. The highest BCUT2D eigenvalue weighted by atomic mass is 15.5. The fourth-order valence-electron chi connectivity index (χ4n) is 0.556. The molecular weight excluding hydrogens is 154 g/mol. The lowest BCUT2D eigenvalue weighted by Crippen LogP contribution is -1.68. The van der Waals surface area contributed by atoms with Gasteiger partial charge in [0.2, 0.25) is 0 Å². The van der Waals surface area contributed by atoms with Crippen LogP contribution in [0.4, 0.5) is 0 Å². The molecule has 0 aromatic carbocycles. The molecule has 2 rings (SSSR count). The van der Waals surface area contributed by atoms with Crippen LogP contribution in [0.2, 0.25) is 0 Å². The maximum atomic E-state index is 3.85. The van der Waals surface area contributed by atoms with Gasteiger partial charge in [0.1, 0.15) is 0 Å². The van der Waals surface area contributed by atoms with E-state index in [4.69, 9.17) is 0 Å². The molecule has 1 N–H and O–H groups in total. The van der Waals surface area contributed by atoms with E-state index in [1.165, 1.54) is 11.9 Å². The zero-order valence-corrected chi connectivity index (χ0v) is 6.68. The van der Waals surface area contributed by atoms with E-state index in [2.05, 4.69) is 25.6 Å². The number of pyridine rings is 1. The van der Waals surface area contributed by atoms with E-state index in [1.54, 1.807) is 12.4 Å². The lowest BCUT2D eigenvalue weighted by atomic mass is 10.3. The lowest BCUT2D eigenvalue weighted by Gasteiger charge is -1.82. The average Bonchev–Trinajstić information content (AvgIpc) is 2.62. The van der Waals surface area contributed by atoms with Crippen molar-refractivity contribution < 1.29 is 0 Å². The Morgan fingerprint density at radius 3 is 2.25 bits per heavy atom. The van der Waals surface area contributed by atoms with Gasteiger partial charge in [-0.3, -0.25) is 4.98 Å². The van der Waals surface area contributed by atoms with Gasteiger partial charge in [0.25, 0.3) is 0 Å². The molecule has 2 aromatic rings. The zero-order valence-electron chi connectivity index (χ0n) is 6.68. The predicted molar refractivity (Wildman–Crippen MR) is 43.2 cm³/mol. The van der Waals surface area contributed by atoms with E-state index >= 15 is 0 Å². The SMILES string of the molecule is Cc1ccncc1.c1nn[nH]n1. The summed E-state index contributed by atoms with van der Waals surface area (Å²) in [6.07, 6.45) is 4.91. The van der Waals surface area contributed by atoms with Crippen LogP contribution >= 0.6 is 0 Å². The minimum Gasteiger partial charge on any atom is -0.265 e. The molecule has 0 atom stereocenters. The van der Waals surface area contributed by atoms with Crippen LogP contribution in [-0.4, -0.2) is 25.6 Å². The molecule has 2 aromatic heterocycles. The van der Waals surface area contributed by atoms with Crippen LogP contribution in [0.3, 0.4) is 0 Å².